The van der Waals surface area contributed by atoms with E-state index in [0.29, 0.717) is 0 Å². The van der Waals surface area contributed by atoms with Crippen molar-refractivity contribution in [1.82, 2.24) is 0 Å². The standard InChI is InChI=1S/C40H35N/c1-32-16-20-34(21-17-32)10-6-8-12-36-24-28-39(29-25-36)41(38-14-4-3-5-15-38)40-30-26-37(27-31-40)13-9-7-11-35-22-18-33(2)19-23-35/h3-31H,1-2H3. The Morgan fingerprint density at radius 3 is 0.976 bits per heavy atom. The van der Waals surface area contributed by atoms with E-state index in [0.717, 1.165) is 28.2 Å². The third-order valence-corrected chi connectivity index (χ3v) is 6.85. The van der Waals surface area contributed by atoms with Gasteiger partial charge in [-0.05, 0) is 72.5 Å². The topological polar surface area (TPSA) is 3.24 Å². The van der Waals surface area contributed by atoms with Gasteiger partial charge in [-0.15, -0.1) is 0 Å². The van der Waals surface area contributed by atoms with E-state index >= 15 is 0 Å². The van der Waals surface area contributed by atoms with Crippen LogP contribution >= 0.6 is 0 Å². The number of hydrogen-bond donors (Lipinski definition) is 0. The van der Waals surface area contributed by atoms with Gasteiger partial charge in [-0.3, -0.25) is 0 Å². The highest BCUT2D eigenvalue weighted by Crippen LogP contribution is 2.34. The molecule has 0 N–H and O–H groups in total. The Morgan fingerprint density at radius 2 is 0.634 bits per heavy atom. The zero-order valence-electron chi connectivity index (χ0n) is 23.7. The van der Waals surface area contributed by atoms with Crippen molar-refractivity contribution in [2.75, 3.05) is 4.90 Å². The summed E-state index contributed by atoms with van der Waals surface area (Å²) in [7, 11) is 0. The van der Waals surface area contributed by atoms with Crippen molar-refractivity contribution in [1.29, 1.82) is 0 Å². The van der Waals surface area contributed by atoms with Crippen LogP contribution in [-0.2, 0) is 0 Å². The van der Waals surface area contributed by atoms with E-state index in [1.165, 1.54) is 22.3 Å². The van der Waals surface area contributed by atoms with Crippen LogP contribution in [0.2, 0.25) is 0 Å². The molecular formula is C40H35N. The van der Waals surface area contributed by atoms with Gasteiger partial charge < -0.3 is 4.90 Å². The lowest BCUT2D eigenvalue weighted by atomic mass is 10.1. The number of anilines is 3. The first kappa shape index (κ1) is 27.4. The summed E-state index contributed by atoms with van der Waals surface area (Å²) in [4.78, 5) is 2.29. The number of nitrogens with zero attached hydrogens (tertiary/aromatic N) is 1. The molecule has 5 aromatic carbocycles. The molecule has 0 spiro atoms. The summed E-state index contributed by atoms with van der Waals surface area (Å²) in [6, 6.07) is 45.0. The van der Waals surface area contributed by atoms with Gasteiger partial charge in [-0.25, -0.2) is 0 Å². The molecule has 1 nitrogen and oxygen atoms in total. The van der Waals surface area contributed by atoms with Gasteiger partial charge in [0.05, 0.1) is 0 Å². The van der Waals surface area contributed by atoms with Crippen molar-refractivity contribution in [3.63, 3.8) is 0 Å². The lowest BCUT2D eigenvalue weighted by Crippen LogP contribution is -2.09. The largest absolute Gasteiger partial charge is 0.311 e. The third-order valence-electron chi connectivity index (χ3n) is 6.85. The van der Waals surface area contributed by atoms with Crippen molar-refractivity contribution in [3.8, 4) is 0 Å². The van der Waals surface area contributed by atoms with E-state index in [9.17, 15) is 0 Å². The van der Waals surface area contributed by atoms with Crippen LogP contribution in [-0.4, -0.2) is 0 Å². The summed E-state index contributed by atoms with van der Waals surface area (Å²) in [6.07, 6.45) is 16.9. The van der Waals surface area contributed by atoms with E-state index in [2.05, 4.69) is 195 Å². The normalized spacial score (nSPS) is 11.8. The number of hydrogen-bond acceptors (Lipinski definition) is 1. The van der Waals surface area contributed by atoms with Crippen molar-refractivity contribution in [2.24, 2.45) is 0 Å². The second-order valence-corrected chi connectivity index (χ2v) is 10.1. The average Bonchev–Trinajstić information content (AvgIpc) is 3.01. The highest BCUT2D eigenvalue weighted by atomic mass is 15.1. The third kappa shape index (κ3) is 7.94. The summed E-state index contributed by atoms with van der Waals surface area (Å²) >= 11 is 0. The number of allylic oxidation sites excluding steroid dienone is 4. The molecule has 0 aliphatic rings. The number of benzene rings is 5. The molecule has 0 amide bonds. The van der Waals surface area contributed by atoms with E-state index in [1.54, 1.807) is 0 Å². The lowest BCUT2D eigenvalue weighted by molar-refractivity contribution is 1.28. The zero-order valence-corrected chi connectivity index (χ0v) is 23.7. The maximum Gasteiger partial charge on any atom is 0.0462 e. The van der Waals surface area contributed by atoms with Gasteiger partial charge in [-0.1, -0.05) is 151 Å². The van der Waals surface area contributed by atoms with Gasteiger partial charge in [0, 0.05) is 17.1 Å². The molecule has 200 valence electrons. The van der Waals surface area contributed by atoms with Gasteiger partial charge in [0.25, 0.3) is 0 Å². The molecule has 0 heterocycles. The molecule has 0 aromatic heterocycles. The first-order chi connectivity index (χ1) is 20.1. The van der Waals surface area contributed by atoms with Gasteiger partial charge in [0.2, 0.25) is 0 Å². The molecule has 0 radical (unpaired) electrons. The Balaban J connectivity index is 1.29. The van der Waals surface area contributed by atoms with Crippen LogP contribution in [0.25, 0.3) is 24.3 Å². The van der Waals surface area contributed by atoms with Crippen LogP contribution in [0.3, 0.4) is 0 Å². The predicted octanol–water partition coefficient (Wildman–Crippen LogP) is 11.2. The molecular weight excluding hydrogens is 494 g/mol. The fourth-order valence-corrected chi connectivity index (χ4v) is 4.52. The van der Waals surface area contributed by atoms with E-state index in [-0.39, 0.29) is 0 Å². The second kappa shape index (κ2) is 13.8. The molecule has 0 fully saturated rings. The van der Waals surface area contributed by atoms with E-state index < -0.39 is 0 Å². The summed E-state index contributed by atoms with van der Waals surface area (Å²) in [5.41, 5.74) is 10.6. The molecule has 0 aliphatic heterocycles. The SMILES string of the molecule is Cc1ccc(C=CC=Cc2ccc(N(c3ccccc3)c3ccc(C=CC=Cc4ccc(C)cc4)cc3)cc2)cc1. The summed E-state index contributed by atoms with van der Waals surface area (Å²) in [5, 5.41) is 0. The van der Waals surface area contributed by atoms with Gasteiger partial charge >= 0.3 is 0 Å². The Hall–Kier alpha value is -5.14. The Bertz CT molecular complexity index is 1520. The Morgan fingerprint density at radius 1 is 0.341 bits per heavy atom. The first-order valence-electron chi connectivity index (χ1n) is 14.0. The van der Waals surface area contributed by atoms with Crippen LogP contribution in [0.5, 0.6) is 0 Å². The highest BCUT2D eigenvalue weighted by molar-refractivity contribution is 5.77. The summed E-state index contributed by atoms with van der Waals surface area (Å²) < 4.78 is 0. The monoisotopic (exact) mass is 529 g/mol. The molecule has 0 unspecified atom stereocenters. The molecule has 5 rings (SSSR count). The van der Waals surface area contributed by atoms with E-state index in [1.807, 2.05) is 0 Å². The summed E-state index contributed by atoms with van der Waals surface area (Å²) in [6.45, 7) is 4.21. The van der Waals surface area contributed by atoms with Crippen LogP contribution in [0.1, 0.15) is 33.4 Å². The Kier molecular flexibility index (Phi) is 9.22. The maximum atomic E-state index is 2.29. The van der Waals surface area contributed by atoms with Crippen molar-refractivity contribution in [2.45, 2.75) is 13.8 Å². The zero-order chi connectivity index (χ0) is 28.3. The summed E-state index contributed by atoms with van der Waals surface area (Å²) in [5.74, 6) is 0. The molecule has 0 atom stereocenters. The minimum absolute atomic E-state index is 1.12. The lowest BCUT2D eigenvalue weighted by Gasteiger charge is -2.25. The number of aryl methyl sites for hydroxylation is 2. The molecule has 0 saturated carbocycles. The minimum atomic E-state index is 1.12. The second-order valence-electron chi connectivity index (χ2n) is 10.1. The predicted molar refractivity (Wildman–Crippen MR) is 180 cm³/mol. The van der Waals surface area contributed by atoms with Gasteiger partial charge in [-0.2, -0.15) is 0 Å². The average molecular weight is 530 g/mol. The van der Waals surface area contributed by atoms with Crippen LogP contribution < -0.4 is 4.90 Å². The van der Waals surface area contributed by atoms with Crippen LogP contribution in [0.4, 0.5) is 17.1 Å². The maximum absolute atomic E-state index is 2.29. The number of rotatable bonds is 9. The quantitative estimate of drug-likeness (QED) is 0.172. The molecule has 0 saturated heterocycles. The minimum Gasteiger partial charge on any atom is -0.311 e. The molecule has 0 bridgehead atoms. The van der Waals surface area contributed by atoms with Crippen molar-refractivity contribution in [3.05, 3.63) is 185 Å². The fraction of sp³-hybridized carbons (Fsp3) is 0.0500. The fourth-order valence-electron chi connectivity index (χ4n) is 4.52. The highest BCUT2D eigenvalue weighted by Gasteiger charge is 2.11. The van der Waals surface area contributed by atoms with E-state index in [4.69, 9.17) is 0 Å². The number of para-hydroxylation sites is 1. The molecule has 5 aromatic rings. The van der Waals surface area contributed by atoms with Crippen LogP contribution in [0.15, 0.2) is 152 Å². The van der Waals surface area contributed by atoms with Crippen molar-refractivity contribution >= 4 is 41.4 Å². The smallest absolute Gasteiger partial charge is 0.0462 e. The van der Waals surface area contributed by atoms with Gasteiger partial charge in [0.1, 0.15) is 0 Å². The Labute approximate surface area is 244 Å². The molecule has 41 heavy (non-hydrogen) atoms. The van der Waals surface area contributed by atoms with Gasteiger partial charge in [0.15, 0.2) is 0 Å². The first-order valence-corrected chi connectivity index (χ1v) is 14.0. The van der Waals surface area contributed by atoms with Crippen LogP contribution in [0, 0.1) is 13.8 Å². The molecule has 0 aliphatic carbocycles. The van der Waals surface area contributed by atoms with Crippen molar-refractivity contribution < 1.29 is 0 Å². The molecule has 1 heteroatoms.